The maximum Gasteiger partial charge on any atom is 0.258 e. The molecule has 24 heavy (non-hydrogen) atoms. The van der Waals surface area contributed by atoms with Crippen LogP contribution in [0.4, 0.5) is 0 Å². The highest BCUT2D eigenvalue weighted by molar-refractivity contribution is 7.08. The summed E-state index contributed by atoms with van der Waals surface area (Å²) in [5.41, 5.74) is 1.13. The van der Waals surface area contributed by atoms with Crippen LogP contribution in [0.3, 0.4) is 0 Å². The topological polar surface area (TPSA) is 66.1 Å². The molecule has 5 nitrogen and oxygen atoms in total. The summed E-state index contributed by atoms with van der Waals surface area (Å²) in [6.07, 6.45) is 0.827. The monoisotopic (exact) mass is 341 g/mol. The number of aromatic amines is 1. The SMILES string of the molecule is CCC(C)N(Cc1nc2ccccc2c(=O)[nH]1)C(=O)c1ccsc1. The Morgan fingerprint density at radius 1 is 1.33 bits per heavy atom. The summed E-state index contributed by atoms with van der Waals surface area (Å²) < 4.78 is 0. The van der Waals surface area contributed by atoms with E-state index in [-0.39, 0.29) is 24.1 Å². The van der Waals surface area contributed by atoms with Gasteiger partial charge in [0.15, 0.2) is 0 Å². The number of H-pyrrole nitrogens is 1. The minimum Gasteiger partial charge on any atom is -0.328 e. The lowest BCUT2D eigenvalue weighted by molar-refractivity contribution is 0.0666. The van der Waals surface area contributed by atoms with Crippen LogP contribution < -0.4 is 5.56 Å². The van der Waals surface area contributed by atoms with Crippen molar-refractivity contribution < 1.29 is 4.79 Å². The number of fused-ring (bicyclic) bond motifs is 1. The Morgan fingerprint density at radius 2 is 2.12 bits per heavy atom. The minimum absolute atomic E-state index is 0.0404. The Kier molecular flexibility index (Phi) is 4.76. The van der Waals surface area contributed by atoms with E-state index in [1.807, 2.05) is 48.9 Å². The number of hydrogen-bond acceptors (Lipinski definition) is 4. The number of amides is 1. The van der Waals surface area contributed by atoms with Gasteiger partial charge in [0.2, 0.25) is 0 Å². The van der Waals surface area contributed by atoms with Crippen LogP contribution in [0.5, 0.6) is 0 Å². The van der Waals surface area contributed by atoms with E-state index in [0.29, 0.717) is 22.3 Å². The molecule has 1 N–H and O–H groups in total. The number of nitrogens with zero attached hydrogens (tertiary/aromatic N) is 2. The number of benzene rings is 1. The van der Waals surface area contributed by atoms with Gasteiger partial charge in [-0.2, -0.15) is 11.3 Å². The van der Waals surface area contributed by atoms with Crippen LogP contribution in [0, 0.1) is 0 Å². The summed E-state index contributed by atoms with van der Waals surface area (Å²) in [5.74, 6) is 0.462. The molecular formula is C18H19N3O2S. The first-order chi connectivity index (χ1) is 11.6. The van der Waals surface area contributed by atoms with Gasteiger partial charge in [-0.05, 0) is 36.9 Å². The van der Waals surface area contributed by atoms with Crippen LogP contribution in [0.15, 0.2) is 45.9 Å². The number of nitrogens with one attached hydrogen (secondary N) is 1. The fraction of sp³-hybridized carbons (Fsp3) is 0.278. The zero-order chi connectivity index (χ0) is 17.1. The maximum absolute atomic E-state index is 12.8. The molecule has 0 saturated heterocycles. The first kappa shape index (κ1) is 16.4. The molecule has 1 aromatic carbocycles. The van der Waals surface area contributed by atoms with Gasteiger partial charge in [0.1, 0.15) is 5.82 Å². The normalized spacial score (nSPS) is 12.2. The van der Waals surface area contributed by atoms with Gasteiger partial charge in [0, 0.05) is 11.4 Å². The van der Waals surface area contributed by atoms with Gasteiger partial charge in [-0.25, -0.2) is 4.98 Å². The zero-order valence-corrected chi connectivity index (χ0v) is 14.5. The van der Waals surface area contributed by atoms with E-state index in [1.54, 1.807) is 11.0 Å². The summed E-state index contributed by atoms with van der Waals surface area (Å²) in [6, 6.07) is 9.08. The van der Waals surface area contributed by atoms with E-state index in [9.17, 15) is 9.59 Å². The van der Waals surface area contributed by atoms with Gasteiger partial charge >= 0.3 is 0 Å². The third kappa shape index (κ3) is 3.23. The van der Waals surface area contributed by atoms with E-state index in [4.69, 9.17) is 0 Å². The van der Waals surface area contributed by atoms with Crippen LogP contribution >= 0.6 is 11.3 Å². The predicted molar refractivity (Wildman–Crippen MR) is 96.3 cm³/mol. The standard InChI is InChI=1S/C18H19N3O2S/c1-3-12(2)21(18(23)13-8-9-24-11-13)10-16-19-15-7-5-4-6-14(15)17(22)20-16/h4-9,11-12H,3,10H2,1-2H3,(H,19,20,22). The number of carbonyl (C=O) groups is 1. The number of rotatable bonds is 5. The maximum atomic E-state index is 12.8. The van der Waals surface area contributed by atoms with Crippen molar-refractivity contribution >= 4 is 28.1 Å². The van der Waals surface area contributed by atoms with Crippen LogP contribution in [0.1, 0.15) is 36.5 Å². The average Bonchev–Trinajstić information content (AvgIpc) is 3.13. The molecule has 3 rings (SSSR count). The molecule has 0 aliphatic carbocycles. The van der Waals surface area contributed by atoms with Gasteiger partial charge in [0.05, 0.1) is 23.0 Å². The van der Waals surface area contributed by atoms with Crippen molar-refractivity contribution in [3.8, 4) is 0 Å². The zero-order valence-electron chi connectivity index (χ0n) is 13.7. The van der Waals surface area contributed by atoms with Gasteiger partial charge in [-0.1, -0.05) is 19.1 Å². The number of thiophene rings is 1. The first-order valence-electron chi connectivity index (χ1n) is 7.91. The molecule has 124 valence electrons. The molecule has 0 saturated carbocycles. The lowest BCUT2D eigenvalue weighted by Crippen LogP contribution is -2.38. The molecule has 6 heteroatoms. The Morgan fingerprint density at radius 3 is 2.83 bits per heavy atom. The fourth-order valence-electron chi connectivity index (χ4n) is 2.57. The van der Waals surface area contributed by atoms with Gasteiger partial charge in [-0.15, -0.1) is 0 Å². The van der Waals surface area contributed by atoms with E-state index >= 15 is 0 Å². The summed E-state index contributed by atoms with van der Waals surface area (Å²) in [4.78, 5) is 34.1. The van der Waals surface area contributed by atoms with Crippen molar-refractivity contribution in [1.29, 1.82) is 0 Å². The third-order valence-corrected chi connectivity index (χ3v) is 4.82. The van der Waals surface area contributed by atoms with Crippen molar-refractivity contribution in [2.45, 2.75) is 32.9 Å². The van der Waals surface area contributed by atoms with Crippen LogP contribution in [0.25, 0.3) is 10.9 Å². The third-order valence-electron chi connectivity index (χ3n) is 4.13. The number of para-hydroxylation sites is 1. The Balaban J connectivity index is 1.96. The predicted octanol–water partition coefficient (Wildman–Crippen LogP) is 3.43. The molecule has 0 bridgehead atoms. The molecular weight excluding hydrogens is 322 g/mol. The number of hydrogen-bond donors (Lipinski definition) is 1. The second kappa shape index (κ2) is 6.97. The van der Waals surface area contributed by atoms with Gasteiger partial charge in [0.25, 0.3) is 11.5 Å². The molecule has 2 aromatic heterocycles. The van der Waals surface area contributed by atoms with Crippen LogP contribution in [-0.4, -0.2) is 26.8 Å². The molecule has 1 unspecified atom stereocenters. The molecule has 0 fully saturated rings. The van der Waals surface area contributed by atoms with Crippen molar-refractivity contribution in [3.63, 3.8) is 0 Å². The van der Waals surface area contributed by atoms with Crippen LogP contribution in [0.2, 0.25) is 0 Å². The van der Waals surface area contributed by atoms with E-state index < -0.39 is 0 Å². The van der Waals surface area contributed by atoms with E-state index in [1.165, 1.54) is 11.3 Å². The van der Waals surface area contributed by atoms with Crippen LogP contribution in [-0.2, 0) is 6.54 Å². The molecule has 1 amide bonds. The molecule has 3 aromatic rings. The molecule has 0 spiro atoms. The van der Waals surface area contributed by atoms with Crippen molar-refractivity contribution in [2.24, 2.45) is 0 Å². The van der Waals surface area contributed by atoms with Gasteiger partial charge < -0.3 is 9.88 Å². The highest BCUT2D eigenvalue weighted by Gasteiger charge is 2.22. The second-order valence-corrected chi connectivity index (χ2v) is 6.51. The summed E-state index contributed by atoms with van der Waals surface area (Å²) >= 11 is 1.49. The highest BCUT2D eigenvalue weighted by atomic mass is 32.1. The molecule has 0 aliphatic heterocycles. The summed E-state index contributed by atoms with van der Waals surface area (Å²) in [5, 5.41) is 4.28. The Hall–Kier alpha value is -2.47. The first-order valence-corrected chi connectivity index (χ1v) is 8.85. The Bertz CT molecular complexity index is 902. The molecule has 0 radical (unpaired) electrons. The largest absolute Gasteiger partial charge is 0.328 e. The molecule has 1 atom stereocenters. The number of carbonyl (C=O) groups excluding carboxylic acids is 1. The summed E-state index contributed by atoms with van der Waals surface area (Å²) in [6.45, 7) is 4.32. The second-order valence-electron chi connectivity index (χ2n) is 5.73. The lowest BCUT2D eigenvalue weighted by Gasteiger charge is -2.28. The highest BCUT2D eigenvalue weighted by Crippen LogP contribution is 2.16. The quantitative estimate of drug-likeness (QED) is 0.773. The number of aromatic nitrogens is 2. The fourth-order valence-corrected chi connectivity index (χ4v) is 3.20. The Labute approximate surface area is 144 Å². The van der Waals surface area contributed by atoms with Crippen molar-refractivity contribution in [3.05, 3.63) is 62.8 Å². The van der Waals surface area contributed by atoms with Gasteiger partial charge in [-0.3, -0.25) is 9.59 Å². The molecule has 0 aliphatic rings. The van der Waals surface area contributed by atoms with Crippen molar-refractivity contribution in [1.82, 2.24) is 14.9 Å². The lowest BCUT2D eigenvalue weighted by atomic mass is 10.2. The summed E-state index contributed by atoms with van der Waals surface area (Å²) in [7, 11) is 0. The molecule has 2 heterocycles. The average molecular weight is 341 g/mol. The smallest absolute Gasteiger partial charge is 0.258 e. The van der Waals surface area contributed by atoms with E-state index in [0.717, 1.165) is 6.42 Å². The minimum atomic E-state index is -0.178. The van der Waals surface area contributed by atoms with Crippen molar-refractivity contribution in [2.75, 3.05) is 0 Å². The van der Waals surface area contributed by atoms with E-state index in [2.05, 4.69) is 9.97 Å².